The number of halogens is 1. The van der Waals surface area contributed by atoms with Crippen LogP contribution in [0.1, 0.15) is 26.1 Å². The van der Waals surface area contributed by atoms with E-state index in [1.54, 1.807) is 6.20 Å². The lowest BCUT2D eigenvalue weighted by Gasteiger charge is -2.11. The van der Waals surface area contributed by atoms with Crippen LogP contribution >= 0.6 is 11.6 Å². The summed E-state index contributed by atoms with van der Waals surface area (Å²) in [6.07, 6.45) is 2.95. The van der Waals surface area contributed by atoms with Crippen LogP contribution in [0.2, 0.25) is 0 Å². The van der Waals surface area contributed by atoms with E-state index in [0.29, 0.717) is 11.8 Å². The van der Waals surface area contributed by atoms with Gasteiger partial charge in [-0.05, 0) is 18.1 Å². The Morgan fingerprint density at radius 2 is 2.31 bits per heavy atom. The molecule has 2 aromatic rings. The number of hydrogen-bond donors (Lipinski definition) is 0. The highest BCUT2D eigenvalue weighted by Gasteiger charge is 2.12. The summed E-state index contributed by atoms with van der Waals surface area (Å²) >= 11 is 5.92. The van der Waals surface area contributed by atoms with E-state index in [9.17, 15) is 0 Å². The Morgan fingerprint density at radius 3 is 3.00 bits per heavy atom. The molecule has 0 bridgehead atoms. The molecule has 2 aromatic heterocycles. The van der Waals surface area contributed by atoms with Gasteiger partial charge in [-0.25, -0.2) is 9.97 Å². The van der Waals surface area contributed by atoms with Crippen LogP contribution in [0.15, 0.2) is 18.3 Å². The molecule has 0 fully saturated rings. The van der Waals surface area contributed by atoms with Crippen LogP contribution in [-0.2, 0) is 12.4 Å². The van der Waals surface area contributed by atoms with E-state index in [0.717, 1.165) is 30.0 Å². The van der Waals surface area contributed by atoms with Crippen LogP contribution in [0.4, 0.5) is 0 Å². The van der Waals surface area contributed by atoms with Gasteiger partial charge < -0.3 is 4.57 Å². The fourth-order valence-corrected chi connectivity index (χ4v) is 1.94. The van der Waals surface area contributed by atoms with Gasteiger partial charge in [-0.2, -0.15) is 0 Å². The maximum atomic E-state index is 5.92. The predicted octanol–water partition coefficient (Wildman–Crippen LogP) is 3.22. The summed E-state index contributed by atoms with van der Waals surface area (Å²) in [5, 5.41) is 0. The molecule has 0 amide bonds. The number of imidazole rings is 1. The summed E-state index contributed by atoms with van der Waals surface area (Å²) in [5.41, 5.74) is 1.87. The van der Waals surface area contributed by atoms with Crippen molar-refractivity contribution in [3.05, 3.63) is 24.2 Å². The highest BCUT2D eigenvalue weighted by atomic mass is 35.5. The van der Waals surface area contributed by atoms with E-state index in [2.05, 4.69) is 28.4 Å². The third kappa shape index (κ3) is 2.05. The van der Waals surface area contributed by atoms with Crippen LogP contribution in [0.3, 0.4) is 0 Å². The Bertz CT molecular complexity index is 478. The highest BCUT2D eigenvalue weighted by molar-refractivity contribution is 6.16. The molecule has 3 nitrogen and oxygen atoms in total. The molecule has 0 spiro atoms. The maximum absolute atomic E-state index is 5.92. The Morgan fingerprint density at radius 1 is 1.50 bits per heavy atom. The van der Waals surface area contributed by atoms with Gasteiger partial charge in [-0.15, -0.1) is 11.6 Å². The minimum Gasteiger partial charge on any atom is -0.311 e. The number of aromatic nitrogens is 3. The second-order valence-corrected chi connectivity index (χ2v) is 4.40. The van der Waals surface area contributed by atoms with Gasteiger partial charge in [-0.3, -0.25) is 0 Å². The third-order valence-corrected chi connectivity index (χ3v) is 3.13. The molecule has 2 rings (SSSR count). The minimum atomic E-state index is 0.437. The van der Waals surface area contributed by atoms with Gasteiger partial charge >= 0.3 is 0 Å². The van der Waals surface area contributed by atoms with Crippen molar-refractivity contribution >= 4 is 22.8 Å². The van der Waals surface area contributed by atoms with Crippen molar-refractivity contribution < 1.29 is 0 Å². The first-order chi connectivity index (χ1) is 7.76. The average Bonchev–Trinajstić information content (AvgIpc) is 2.67. The normalized spacial score (nSPS) is 13.2. The topological polar surface area (TPSA) is 30.7 Å². The molecule has 2 heterocycles. The van der Waals surface area contributed by atoms with Crippen LogP contribution in [0, 0.1) is 5.92 Å². The van der Waals surface area contributed by atoms with Crippen molar-refractivity contribution in [1.29, 1.82) is 0 Å². The molecule has 0 saturated heterocycles. The number of hydrogen-bond acceptors (Lipinski definition) is 2. The second kappa shape index (κ2) is 4.83. The SMILES string of the molecule is CCC(C)Cn1c(CCl)nc2cccnc21. The van der Waals surface area contributed by atoms with Crippen LogP contribution in [0.25, 0.3) is 11.2 Å². The molecule has 16 heavy (non-hydrogen) atoms. The van der Waals surface area contributed by atoms with E-state index < -0.39 is 0 Å². The highest BCUT2D eigenvalue weighted by Crippen LogP contribution is 2.17. The Hall–Kier alpha value is -1.09. The molecule has 1 unspecified atom stereocenters. The lowest BCUT2D eigenvalue weighted by Crippen LogP contribution is -2.09. The number of nitrogens with zero attached hydrogens (tertiary/aromatic N) is 3. The molecule has 0 aromatic carbocycles. The molecule has 0 aliphatic rings. The number of rotatable bonds is 4. The Balaban J connectivity index is 2.47. The van der Waals surface area contributed by atoms with E-state index in [1.165, 1.54) is 0 Å². The molecule has 0 saturated carbocycles. The fraction of sp³-hybridized carbons (Fsp3) is 0.500. The molecular formula is C12H16ClN3. The smallest absolute Gasteiger partial charge is 0.160 e. The first kappa shape index (κ1) is 11.4. The predicted molar refractivity (Wildman–Crippen MR) is 66.5 cm³/mol. The zero-order valence-electron chi connectivity index (χ0n) is 9.65. The van der Waals surface area contributed by atoms with E-state index in [-0.39, 0.29) is 0 Å². The van der Waals surface area contributed by atoms with Gasteiger partial charge in [-0.1, -0.05) is 20.3 Å². The molecule has 86 valence electrons. The average molecular weight is 238 g/mol. The zero-order chi connectivity index (χ0) is 11.5. The van der Waals surface area contributed by atoms with Crippen molar-refractivity contribution in [2.24, 2.45) is 5.92 Å². The first-order valence-electron chi connectivity index (χ1n) is 5.62. The fourth-order valence-electron chi connectivity index (χ4n) is 1.74. The number of fused-ring (bicyclic) bond motifs is 1. The van der Waals surface area contributed by atoms with Crippen molar-refractivity contribution in [1.82, 2.24) is 14.5 Å². The van der Waals surface area contributed by atoms with E-state index >= 15 is 0 Å². The summed E-state index contributed by atoms with van der Waals surface area (Å²) in [5.74, 6) is 1.96. The summed E-state index contributed by atoms with van der Waals surface area (Å²) in [6, 6.07) is 3.88. The third-order valence-electron chi connectivity index (χ3n) is 2.89. The van der Waals surface area contributed by atoms with Gasteiger partial charge in [0.25, 0.3) is 0 Å². The van der Waals surface area contributed by atoms with Gasteiger partial charge in [0.2, 0.25) is 0 Å². The summed E-state index contributed by atoms with van der Waals surface area (Å²) < 4.78 is 2.14. The number of pyridine rings is 1. The number of alkyl halides is 1. The molecular weight excluding hydrogens is 222 g/mol. The maximum Gasteiger partial charge on any atom is 0.160 e. The second-order valence-electron chi connectivity index (χ2n) is 4.13. The summed E-state index contributed by atoms with van der Waals surface area (Å²) in [6.45, 7) is 5.36. The quantitative estimate of drug-likeness (QED) is 0.765. The van der Waals surface area contributed by atoms with Crippen LogP contribution in [0.5, 0.6) is 0 Å². The lowest BCUT2D eigenvalue weighted by atomic mass is 10.1. The first-order valence-corrected chi connectivity index (χ1v) is 6.15. The standard InChI is InChI=1S/C12H16ClN3/c1-3-9(2)8-16-11(7-13)15-10-5-4-6-14-12(10)16/h4-6,9H,3,7-8H2,1-2H3. The Kier molecular flexibility index (Phi) is 3.44. The molecule has 0 N–H and O–H groups in total. The minimum absolute atomic E-state index is 0.437. The summed E-state index contributed by atoms with van der Waals surface area (Å²) in [7, 11) is 0. The molecule has 4 heteroatoms. The van der Waals surface area contributed by atoms with Crippen molar-refractivity contribution in [2.75, 3.05) is 0 Å². The van der Waals surface area contributed by atoms with E-state index in [1.807, 2.05) is 12.1 Å². The van der Waals surface area contributed by atoms with Gasteiger partial charge in [0.05, 0.1) is 5.88 Å². The van der Waals surface area contributed by atoms with Gasteiger partial charge in [0.1, 0.15) is 11.3 Å². The largest absolute Gasteiger partial charge is 0.311 e. The van der Waals surface area contributed by atoms with Crippen LogP contribution in [-0.4, -0.2) is 14.5 Å². The van der Waals surface area contributed by atoms with Gasteiger partial charge in [0.15, 0.2) is 5.65 Å². The molecule has 0 aliphatic carbocycles. The monoisotopic (exact) mass is 237 g/mol. The van der Waals surface area contributed by atoms with E-state index in [4.69, 9.17) is 11.6 Å². The molecule has 1 atom stereocenters. The Labute approximate surface area is 100 Å². The summed E-state index contributed by atoms with van der Waals surface area (Å²) in [4.78, 5) is 8.87. The van der Waals surface area contributed by atoms with Crippen molar-refractivity contribution in [2.45, 2.75) is 32.7 Å². The molecule has 0 radical (unpaired) electrons. The molecule has 0 aliphatic heterocycles. The van der Waals surface area contributed by atoms with Gasteiger partial charge in [0, 0.05) is 12.7 Å². The zero-order valence-corrected chi connectivity index (χ0v) is 10.4. The van der Waals surface area contributed by atoms with Crippen LogP contribution < -0.4 is 0 Å². The van der Waals surface area contributed by atoms with Crippen molar-refractivity contribution in [3.63, 3.8) is 0 Å². The lowest BCUT2D eigenvalue weighted by molar-refractivity contribution is 0.467. The van der Waals surface area contributed by atoms with Crippen molar-refractivity contribution in [3.8, 4) is 0 Å².